The molecule has 1 atom stereocenters. The molecular formula is C57H41NO. The van der Waals surface area contributed by atoms with Gasteiger partial charge in [0.15, 0.2) is 0 Å². The van der Waals surface area contributed by atoms with Gasteiger partial charge in [0, 0.05) is 34.0 Å². The molecule has 9 aromatic rings. The Morgan fingerprint density at radius 3 is 2.08 bits per heavy atom. The number of hydrogen-bond donors (Lipinski definition) is 0. The summed E-state index contributed by atoms with van der Waals surface area (Å²) in [7, 11) is 0. The van der Waals surface area contributed by atoms with Gasteiger partial charge >= 0.3 is 0 Å². The maximum Gasteiger partial charge on any atom is 0.128 e. The van der Waals surface area contributed by atoms with Gasteiger partial charge in [0.2, 0.25) is 0 Å². The maximum atomic E-state index is 6.56. The van der Waals surface area contributed by atoms with Gasteiger partial charge in [-0.1, -0.05) is 178 Å². The zero-order valence-electron chi connectivity index (χ0n) is 33.1. The minimum absolute atomic E-state index is 0.0586. The van der Waals surface area contributed by atoms with E-state index in [1.807, 2.05) is 0 Å². The van der Waals surface area contributed by atoms with Gasteiger partial charge in [-0.05, 0) is 102 Å². The smallest absolute Gasteiger partial charge is 0.128 e. The molecule has 1 unspecified atom stereocenters. The Labute approximate surface area is 345 Å². The number of fused-ring (bicyclic) bond motifs is 10. The third-order valence-corrected chi connectivity index (χ3v) is 13.1. The fraction of sp³-hybridized carbons (Fsp3) is 0.0877. The zero-order valence-corrected chi connectivity index (χ0v) is 33.1. The Morgan fingerprint density at radius 2 is 1.22 bits per heavy atom. The topological polar surface area (TPSA) is 12.5 Å². The molecule has 12 rings (SSSR count). The van der Waals surface area contributed by atoms with Crippen LogP contribution in [0.5, 0.6) is 5.75 Å². The molecule has 0 spiro atoms. The summed E-state index contributed by atoms with van der Waals surface area (Å²) >= 11 is 0. The van der Waals surface area contributed by atoms with E-state index in [1.54, 1.807) is 0 Å². The van der Waals surface area contributed by atoms with Gasteiger partial charge in [-0.2, -0.15) is 0 Å². The average Bonchev–Trinajstić information content (AvgIpc) is 3.79. The number of ether oxygens (including phenoxy) is 1. The second-order valence-electron chi connectivity index (χ2n) is 16.7. The van der Waals surface area contributed by atoms with Gasteiger partial charge in [-0.25, -0.2) is 0 Å². The second-order valence-corrected chi connectivity index (χ2v) is 16.7. The first kappa shape index (κ1) is 33.9. The van der Waals surface area contributed by atoms with Crippen molar-refractivity contribution in [2.75, 3.05) is 4.90 Å². The lowest BCUT2D eigenvalue weighted by Crippen LogP contribution is -2.20. The molecule has 0 saturated heterocycles. The van der Waals surface area contributed by atoms with Crippen LogP contribution in [0.2, 0.25) is 0 Å². The van der Waals surface area contributed by atoms with E-state index in [0.29, 0.717) is 0 Å². The molecular weight excluding hydrogens is 715 g/mol. The Morgan fingerprint density at radius 1 is 0.525 bits per heavy atom. The van der Waals surface area contributed by atoms with Crippen molar-refractivity contribution < 1.29 is 4.74 Å². The van der Waals surface area contributed by atoms with E-state index in [-0.39, 0.29) is 11.5 Å². The van der Waals surface area contributed by atoms with E-state index in [9.17, 15) is 0 Å². The SMILES string of the molecule is CC1(C)c2ccccc2-c2cccc(N(c3ccc(-c4ccc5ccccc5c4-c4cccc5c4C4=CC=CCC4O5)cc3)c3cc4ccccc4c4ccccc34)c21. The summed E-state index contributed by atoms with van der Waals surface area (Å²) < 4.78 is 6.56. The number of hydrogen-bond acceptors (Lipinski definition) is 2. The second kappa shape index (κ2) is 12.9. The van der Waals surface area contributed by atoms with Gasteiger partial charge in [0.25, 0.3) is 0 Å². The van der Waals surface area contributed by atoms with E-state index >= 15 is 0 Å². The number of anilines is 3. The van der Waals surface area contributed by atoms with Crippen molar-refractivity contribution in [1.82, 2.24) is 0 Å². The van der Waals surface area contributed by atoms with Crippen molar-refractivity contribution in [2.24, 2.45) is 0 Å². The molecule has 9 aromatic carbocycles. The molecule has 0 bridgehead atoms. The first-order valence-corrected chi connectivity index (χ1v) is 20.8. The van der Waals surface area contributed by atoms with E-state index in [0.717, 1.165) is 17.9 Å². The van der Waals surface area contributed by atoms with Crippen LogP contribution in [0.1, 0.15) is 37.0 Å². The predicted molar refractivity (Wildman–Crippen MR) is 248 cm³/mol. The summed E-state index contributed by atoms with van der Waals surface area (Å²) in [6.07, 6.45) is 7.58. The molecule has 59 heavy (non-hydrogen) atoms. The highest BCUT2D eigenvalue weighted by molar-refractivity contribution is 6.15. The molecule has 1 aliphatic heterocycles. The Kier molecular flexibility index (Phi) is 7.43. The molecule has 2 nitrogen and oxygen atoms in total. The lowest BCUT2D eigenvalue weighted by Gasteiger charge is -2.33. The van der Waals surface area contributed by atoms with Gasteiger partial charge in [-0.15, -0.1) is 0 Å². The Bertz CT molecular complexity index is 3260. The van der Waals surface area contributed by atoms with Crippen LogP contribution in [-0.2, 0) is 5.41 Å². The normalized spacial score (nSPS) is 15.7. The molecule has 2 heteroatoms. The third-order valence-electron chi connectivity index (χ3n) is 13.1. The first-order valence-electron chi connectivity index (χ1n) is 20.8. The molecule has 3 aliphatic rings. The molecule has 0 fully saturated rings. The van der Waals surface area contributed by atoms with Crippen molar-refractivity contribution in [2.45, 2.75) is 31.8 Å². The van der Waals surface area contributed by atoms with Crippen LogP contribution >= 0.6 is 0 Å². The van der Waals surface area contributed by atoms with E-state index in [2.05, 4.69) is 213 Å². The highest BCUT2D eigenvalue weighted by atomic mass is 16.5. The minimum Gasteiger partial charge on any atom is -0.485 e. The van der Waals surface area contributed by atoms with Crippen molar-refractivity contribution in [3.05, 3.63) is 211 Å². The summed E-state index contributed by atoms with van der Waals surface area (Å²) in [5.41, 5.74) is 16.0. The quantitative estimate of drug-likeness (QED) is 0.162. The van der Waals surface area contributed by atoms with Crippen LogP contribution in [0.4, 0.5) is 17.1 Å². The fourth-order valence-corrected chi connectivity index (χ4v) is 10.5. The van der Waals surface area contributed by atoms with Crippen LogP contribution in [0, 0.1) is 0 Å². The molecule has 0 aromatic heterocycles. The number of rotatable bonds is 5. The van der Waals surface area contributed by atoms with Crippen molar-refractivity contribution in [1.29, 1.82) is 0 Å². The summed E-state index contributed by atoms with van der Waals surface area (Å²) in [6.45, 7) is 4.77. The monoisotopic (exact) mass is 755 g/mol. The molecule has 0 radical (unpaired) electrons. The Balaban J connectivity index is 1.08. The molecule has 0 N–H and O–H groups in total. The van der Waals surface area contributed by atoms with Crippen LogP contribution < -0.4 is 9.64 Å². The largest absolute Gasteiger partial charge is 0.485 e. The number of benzene rings is 9. The minimum atomic E-state index is -0.199. The van der Waals surface area contributed by atoms with Crippen LogP contribution in [-0.4, -0.2) is 6.10 Å². The fourth-order valence-electron chi connectivity index (χ4n) is 10.5. The van der Waals surface area contributed by atoms with Crippen LogP contribution in [0.15, 0.2) is 194 Å². The zero-order chi connectivity index (χ0) is 39.2. The lowest BCUT2D eigenvalue weighted by atomic mass is 9.81. The molecule has 280 valence electrons. The van der Waals surface area contributed by atoms with Gasteiger partial charge in [0.1, 0.15) is 11.9 Å². The lowest BCUT2D eigenvalue weighted by molar-refractivity contribution is 0.279. The number of nitrogens with zero attached hydrogens (tertiary/aromatic N) is 1. The molecule has 0 saturated carbocycles. The van der Waals surface area contributed by atoms with Gasteiger partial charge in [0.05, 0.1) is 11.4 Å². The highest BCUT2D eigenvalue weighted by Crippen LogP contribution is 2.55. The van der Waals surface area contributed by atoms with Crippen molar-refractivity contribution in [3.63, 3.8) is 0 Å². The van der Waals surface area contributed by atoms with E-state index in [1.165, 1.54) is 99.3 Å². The van der Waals surface area contributed by atoms with Crippen molar-refractivity contribution >= 4 is 55.0 Å². The van der Waals surface area contributed by atoms with Crippen LogP contribution in [0.25, 0.3) is 71.3 Å². The average molecular weight is 756 g/mol. The molecule has 2 aliphatic carbocycles. The third kappa shape index (κ3) is 5.06. The predicted octanol–water partition coefficient (Wildman–Crippen LogP) is 15.4. The molecule has 0 amide bonds. The maximum absolute atomic E-state index is 6.56. The van der Waals surface area contributed by atoms with Crippen LogP contribution in [0.3, 0.4) is 0 Å². The van der Waals surface area contributed by atoms with E-state index < -0.39 is 0 Å². The summed E-state index contributed by atoms with van der Waals surface area (Å²) in [6, 6.07) is 65.1. The van der Waals surface area contributed by atoms with Gasteiger partial charge < -0.3 is 9.64 Å². The standard InChI is InChI=1S/C57H41NO/c1-57(2)49-25-11-9-20-44(49)46-23-13-26-50(56(46)57)58(51-35-38-16-4-5-17-40(38)43-19-7-8-21-45(43)51)39-32-29-37(30-33-39)42-34-31-36-15-3-6-18-41(36)54(42)48-24-14-28-53-55(48)47-22-10-12-27-52(47)59-53/h3-26,28-35,52H,27H2,1-2H3. The van der Waals surface area contributed by atoms with Crippen molar-refractivity contribution in [3.8, 4) is 39.1 Å². The Hall–Kier alpha value is -7.16. The van der Waals surface area contributed by atoms with Gasteiger partial charge in [-0.3, -0.25) is 0 Å². The highest BCUT2D eigenvalue weighted by Gasteiger charge is 2.39. The first-order chi connectivity index (χ1) is 29.0. The molecule has 1 heterocycles. The summed E-state index contributed by atoms with van der Waals surface area (Å²) in [5.74, 6) is 0.968. The summed E-state index contributed by atoms with van der Waals surface area (Å²) in [4.78, 5) is 2.52. The number of allylic oxidation sites excluding steroid dienone is 2. The van der Waals surface area contributed by atoms with E-state index in [4.69, 9.17) is 4.74 Å². The summed E-state index contributed by atoms with van der Waals surface area (Å²) in [5, 5.41) is 7.44.